The molecule has 0 aromatic heterocycles. The summed E-state index contributed by atoms with van der Waals surface area (Å²) in [5.41, 5.74) is 7.03. The third-order valence-corrected chi connectivity index (χ3v) is 8.24. The zero-order chi connectivity index (χ0) is 26.0. The number of aliphatic hydroxyl groups excluding tert-OH is 1. The summed E-state index contributed by atoms with van der Waals surface area (Å²) in [6.45, 7) is 3.40. The van der Waals surface area contributed by atoms with Gasteiger partial charge < -0.3 is 9.94 Å². The van der Waals surface area contributed by atoms with Crippen molar-refractivity contribution in [3.05, 3.63) is 119 Å². The highest BCUT2D eigenvalue weighted by Gasteiger charge is 2.29. The van der Waals surface area contributed by atoms with E-state index in [4.69, 9.17) is 4.84 Å². The minimum absolute atomic E-state index is 0.161. The van der Waals surface area contributed by atoms with Crippen molar-refractivity contribution in [2.75, 3.05) is 17.5 Å². The van der Waals surface area contributed by atoms with Crippen LogP contribution in [0.1, 0.15) is 22.3 Å². The number of hydrogen-bond acceptors (Lipinski definition) is 5. The van der Waals surface area contributed by atoms with Gasteiger partial charge in [-0.05, 0) is 48.7 Å². The van der Waals surface area contributed by atoms with Gasteiger partial charge in [0.2, 0.25) is 0 Å². The van der Waals surface area contributed by atoms with E-state index in [1.807, 2.05) is 74.5 Å². The summed E-state index contributed by atoms with van der Waals surface area (Å²) in [7, 11) is -3.93. The van der Waals surface area contributed by atoms with Gasteiger partial charge in [0.15, 0.2) is 0 Å². The fourth-order valence-corrected chi connectivity index (χ4v) is 6.10. The maximum absolute atomic E-state index is 13.6. The van der Waals surface area contributed by atoms with Crippen LogP contribution in [0.4, 0.5) is 5.69 Å². The number of nitrogens with zero attached hydrogens (tertiary/aromatic N) is 2. The summed E-state index contributed by atoms with van der Waals surface area (Å²) in [5.74, 6) is 0. The Balaban J connectivity index is 1.39. The van der Waals surface area contributed by atoms with E-state index >= 15 is 0 Å². The lowest BCUT2D eigenvalue weighted by molar-refractivity contribution is 0.0456. The third-order valence-electron chi connectivity index (χ3n) is 6.45. The maximum Gasteiger partial charge on any atom is 0.264 e. The van der Waals surface area contributed by atoms with Gasteiger partial charge in [-0.2, -0.15) is 0 Å². The van der Waals surface area contributed by atoms with Crippen molar-refractivity contribution in [2.24, 2.45) is 5.16 Å². The first-order valence-corrected chi connectivity index (χ1v) is 13.5. The number of aryl methyl sites for hydroxylation is 2. The zero-order valence-corrected chi connectivity index (χ0v) is 21.5. The number of aliphatic hydroxyl groups is 1. The molecule has 0 radical (unpaired) electrons. The van der Waals surface area contributed by atoms with E-state index in [1.54, 1.807) is 36.4 Å². The number of anilines is 1. The minimum atomic E-state index is -3.93. The lowest BCUT2D eigenvalue weighted by atomic mass is 10.1. The van der Waals surface area contributed by atoms with Crippen molar-refractivity contribution in [1.82, 2.24) is 0 Å². The Kier molecular flexibility index (Phi) is 6.82. The van der Waals surface area contributed by atoms with Gasteiger partial charge in [-0.3, -0.25) is 4.31 Å². The molecule has 0 saturated carbocycles. The highest BCUT2D eigenvalue weighted by atomic mass is 32.2. The lowest BCUT2D eigenvalue weighted by Crippen LogP contribution is -2.39. The summed E-state index contributed by atoms with van der Waals surface area (Å²) < 4.78 is 28.5. The Hall–Kier alpha value is -3.94. The Morgan fingerprint density at radius 3 is 1.92 bits per heavy atom. The van der Waals surface area contributed by atoms with E-state index in [0.717, 1.165) is 33.4 Å². The number of sulfonamides is 1. The number of oxime groups is 1. The number of fused-ring (bicyclic) bond motifs is 3. The molecule has 0 amide bonds. The van der Waals surface area contributed by atoms with Gasteiger partial charge in [0.25, 0.3) is 10.0 Å². The van der Waals surface area contributed by atoms with Crippen LogP contribution >= 0.6 is 0 Å². The van der Waals surface area contributed by atoms with E-state index in [2.05, 4.69) is 5.16 Å². The number of hydrogen-bond donors (Lipinski definition) is 1. The zero-order valence-electron chi connectivity index (χ0n) is 20.7. The molecule has 0 bridgehead atoms. The van der Waals surface area contributed by atoms with Crippen LogP contribution in [0.15, 0.2) is 107 Å². The van der Waals surface area contributed by atoms with E-state index in [-0.39, 0.29) is 18.0 Å². The summed E-state index contributed by atoms with van der Waals surface area (Å²) in [4.78, 5) is 5.77. The van der Waals surface area contributed by atoms with Gasteiger partial charge in [0, 0.05) is 11.1 Å². The van der Waals surface area contributed by atoms with Crippen LogP contribution in [0.5, 0.6) is 0 Å². The van der Waals surface area contributed by atoms with Gasteiger partial charge >= 0.3 is 0 Å². The Bertz CT molecular complexity index is 1520. The average molecular weight is 513 g/mol. The molecule has 1 atom stereocenters. The molecule has 4 aromatic carbocycles. The van der Waals surface area contributed by atoms with Gasteiger partial charge in [0.1, 0.15) is 18.4 Å². The Morgan fingerprint density at radius 2 is 1.32 bits per heavy atom. The van der Waals surface area contributed by atoms with Gasteiger partial charge in [-0.25, -0.2) is 8.42 Å². The fraction of sp³-hybridized carbons (Fsp3) is 0.167. The van der Waals surface area contributed by atoms with Crippen LogP contribution in [-0.4, -0.2) is 38.5 Å². The van der Waals surface area contributed by atoms with E-state index in [1.165, 1.54) is 4.31 Å². The van der Waals surface area contributed by atoms with Crippen LogP contribution in [0.2, 0.25) is 0 Å². The van der Waals surface area contributed by atoms with Crippen molar-refractivity contribution in [3.8, 4) is 11.1 Å². The molecule has 5 rings (SSSR count). The largest absolute Gasteiger partial charge is 0.392 e. The van der Waals surface area contributed by atoms with Crippen molar-refractivity contribution >= 4 is 21.4 Å². The molecule has 0 saturated heterocycles. The SMILES string of the molecule is Cc1ccc(S(=O)(=O)N(C[C@@H](O)CON=C2c3ccccc3-c3ccccc32)c2ccccc2C)cc1. The molecule has 4 aromatic rings. The van der Waals surface area contributed by atoms with E-state index in [0.29, 0.717) is 11.4 Å². The highest BCUT2D eigenvalue weighted by Crippen LogP contribution is 2.36. The van der Waals surface area contributed by atoms with Crippen LogP contribution in [0, 0.1) is 13.8 Å². The first-order valence-electron chi connectivity index (χ1n) is 12.1. The fourth-order valence-electron chi connectivity index (χ4n) is 4.53. The van der Waals surface area contributed by atoms with Crippen molar-refractivity contribution in [2.45, 2.75) is 24.8 Å². The molecule has 0 aliphatic heterocycles. The van der Waals surface area contributed by atoms with Gasteiger partial charge in [-0.15, -0.1) is 0 Å². The predicted octanol–water partition coefficient (Wildman–Crippen LogP) is 5.31. The second kappa shape index (κ2) is 10.2. The summed E-state index contributed by atoms with van der Waals surface area (Å²) in [6.07, 6.45) is -1.11. The first kappa shape index (κ1) is 24.7. The molecule has 0 heterocycles. The third kappa shape index (κ3) is 4.88. The number of para-hydroxylation sites is 1. The van der Waals surface area contributed by atoms with Gasteiger partial charge in [0.05, 0.1) is 17.1 Å². The van der Waals surface area contributed by atoms with Crippen LogP contribution in [-0.2, 0) is 14.9 Å². The summed E-state index contributed by atoms with van der Waals surface area (Å²) in [5, 5.41) is 15.3. The predicted molar refractivity (Wildman–Crippen MR) is 146 cm³/mol. The van der Waals surface area contributed by atoms with Crippen LogP contribution in [0.3, 0.4) is 0 Å². The number of benzene rings is 4. The maximum atomic E-state index is 13.6. The van der Waals surface area contributed by atoms with Crippen LogP contribution < -0.4 is 4.31 Å². The van der Waals surface area contributed by atoms with Crippen LogP contribution in [0.25, 0.3) is 11.1 Å². The Labute approximate surface area is 217 Å². The molecule has 0 fully saturated rings. The average Bonchev–Trinajstić information content (AvgIpc) is 3.22. The topological polar surface area (TPSA) is 79.2 Å². The molecule has 1 N–H and O–H groups in total. The van der Waals surface area contributed by atoms with Gasteiger partial charge in [-0.1, -0.05) is 89.6 Å². The standard InChI is InChI=1S/C30H28N2O4S/c1-21-15-17-24(18-16-21)37(34,35)32(29-14-8-3-9-22(29)2)19-23(33)20-36-31-30-27-12-6-4-10-25(27)26-11-5-7-13-28(26)30/h3-18,23,33H,19-20H2,1-2H3/t23-/m1/s1. The molecule has 37 heavy (non-hydrogen) atoms. The monoisotopic (exact) mass is 512 g/mol. The van der Waals surface area contributed by atoms with E-state index in [9.17, 15) is 13.5 Å². The molecule has 7 heteroatoms. The molecule has 6 nitrogen and oxygen atoms in total. The molecule has 1 aliphatic rings. The number of rotatable bonds is 8. The second-order valence-electron chi connectivity index (χ2n) is 9.12. The lowest BCUT2D eigenvalue weighted by Gasteiger charge is -2.28. The van der Waals surface area contributed by atoms with E-state index < -0.39 is 16.1 Å². The smallest absolute Gasteiger partial charge is 0.264 e. The first-order chi connectivity index (χ1) is 17.9. The molecule has 1 aliphatic carbocycles. The second-order valence-corrected chi connectivity index (χ2v) is 11.0. The Morgan fingerprint density at radius 1 is 0.784 bits per heavy atom. The minimum Gasteiger partial charge on any atom is -0.392 e. The normalized spacial score (nSPS) is 13.0. The highest BCUT2D eigenvalue weighted by molar-refractivity contribution is 7.92. The molecular weight excluding hydrogens is 484 g/mol. The molecular formula is C30H28N2O4S. The van der Waals surface area contributed by atoms with Crippen molar-refractivity contribution < 1.29 is 18.4 Å². The van der Waals surface area contributed by atoms with Crippen molar-refractivity contribution in [1.29, 1.82) is 0 Å². The quantitative estimate of drug-likeness (QED) is 0.286. The summed E-state index contributed by atoms with van der Waals surface area (Å²) in [6, 6.07) is 29.8. The molecule has 188 valence electrons. The molecule has 0 unspecified atom stereocenters. The van der Waals surface area contributed by atoms with Crippen molar-refractivity contribution in [3.63, 3.8) is 0 Å². The summed E-state index contributed by atoms with van der Waals surface area (Å²) >= 11 is 0. The molecule has 0 spiro atoms.